The van der Waals surface area contributed by atoms with E-state index >= 15 is 0 Å². The molecule has 0 aliphatic carbocycles. The fourth-order valence-electron chi connectivity index (χ4n) is 5.79. The van der Waals surface area contributed by atoms with Crippen LogP contribution in [0.2, 0.25) is 0 Å². The van der Waals surface area contributed by atoms with Crippen molar-refractivity contribution in [1.82, 2.24) is 4.90 Å². The summed E-state index contributed by atoms with van der Waals surface area (Å²) in [6.45, 7) is 1.01. The van der Waals surface area contributed by atoms with Gasteiger partial charge in [-0.05, 0) is 38.7 Å². The minimum absolute atomic E-state index is 0.231. The number of rotatable bonds is 3. The Hall–Kier alpha value is -3.41. The highest BCUT2D eigenvalue weighted by Gasteiger charge is 2.50. The van der Waals surface area contributed by atoms with Gasteiger partial charge < -0.3 is 14.6 Å². The average Bonchev–Trinajstić information content (AvgIpc) is 2.86. The number of benzene rings is 4. The predicted molar refractivity (Wildman–Crippen MR) is 131 cm³/mol. The monoisotopic (exact) mass is 453 g/mol. The van der Waals surface area contributed by atoms with Crippen molar-refractivity contribution >= 4 is 27.6 Å². The van der Waals surface area contributed by atoms with E-state index in [-0.39, 0.29) is 24.8 Å². The van der Waals surface area contributed by atoms with Gasteiger partial charge in [-0.1, -0.05) is 78.9 Å². The molecule has 0 aromatic heterocycles. The third-order valence-corrected chi connectivity index (χ3v) is 7.21. The second kappa shape index (κ2) is 8.42. The SMILES string of the molecule is O=C(OCc1ccccc1)N1C2COCC1CC(O)(c1c3ccccc3cc3ccccc13)C2. The molecule has 5 nitrogen and oxygen atoms in total. The second-order valence-corrected chi connectivity index (χ2v) is 9.43. The summed E-state index contributed by atoms with van der Waals surface area (Å²) in [5.74, 6) is 0. The zero-order valence-corrected chi connectivity index (χ0v) is 18.9. The highest BCUT2D eigenvalue weighted by molar-refractivity contribution is 6.03. The van der Waals surface area contributed by atoms with E-state index in [2.05, 4.69) is 30.3 Å². The van der Waals surface area contributed by atoms with Crippen LogP contribution >= 0.6 is 0 Å². The van der Waals surface area contributed by atoms with Crippen molar-refractivity contribution < 1.29 is 19.4 Å². The molecule has 34 heavy (non-hydrogen) atoms. The number of nitrogens with zero attached hydrogens (tertiary/aromatic N) is 1. The van der Waals surface area contributed by atoms with Crippen LogP contribution in [0.4, 0.5) is 4.79 Å². The van der Waals surface area contributed by atoms with E-state index in [0.29, 0.717) is 26.1 Å². The first-order valence-electron chi connectivity index (χ1n) is 11.8. The molecule has 2 saturated heterocycles. The Bertz CT molecular complexity index is 1280. The Kier molecular flexibility index (Phi) is 5.24. The Balaban J connectivity index is 1.35. The standard InChI is InChI=1S/C29H27NO4/c31-28(34-17-20-8-2-1-3-9-20)30-23-15-29(32,16-24(30)19-33-18-23)27-25-12-6-4-10-21(25)14-22-11-5-7-13-26(22)27/h1-14,23-24,32H,15-19H2. The predicted octanol–water partition coefficient (Wildman–Crippen LogP) is 5.38. The van der Waals surface area contributed by atoms with Gasteiger partial charge in [-0.25, -0.2) is 4.79 Å². The smallest absolute Gasteiger partial charge is 0.410 e. The first-order chi connectivity index (χ1) is 16.6. The molecule has 2 atom stereocenters. The number of fused-ring (bicyclic) bond motifs is 4. The fraction of sp³-hybridized carbons (Fsp3) is 0.276. The molecule has 2 heterocycles. The summed E-state index contributed by atoms with van der Waals surface area (Å²) in [6, 6.07) is 27.8. The van der Waals surface area contributed by atoms with Crippen LogP contribution in [-0.4, -0.2) is 41.4 Å². The highest BCUT2D eigenvalue weighted by Crippen LogP contribution is 2.46. The van der Waals surface area contributed by atoms with Crippen LogP contribution in [-0.2, 0) is 21.7 Å². The molecule has 5 heteroatoms. The van der Waals surface area contributed by atoms with Gasteiger partial charge >= 0.3 is 6.09 Å². The summed E-state index contributed by atoms with van der Waals surface area (Å²) < 4.78 is 11.5. The molecule has 6 rings (SSSR count). The van der Waals surface area contributed by atoms with Gasteiger partial charge in [-0.3, -0.25) is 4.90 Å². The van der Waals surface area contributed by atoms with E-state index in [0.717, 1.165) is 32.7 Å². The van der Waals surface area contributed by atoms with Crippen LogP contribution in [0.15, 0.2) is 84.9 Å². The second-order valence-electron chi connectivity index (χ2n) is 9.43. The van der Waals surface area contributed by atoms with Gasteiger partial charge in [-0.15, -0.1) is 0 Å². The lowest BCUT2D eigenvalue weighted by Crippen LogP contribution is -2.62. The van der Waals surface area contributed by atoms with Crippen LogP contribution in [0.1, 0.15) is 24.0 Å². The number of carbonyl (C=O) groups excluding carboxylic acids is 1. The Morgan fingerprint density at radius 2 is 1.44 bits per heavy atom. The summed E-state index contributed by atoms with van der Waals surface area (Å²) >= 11 is 0. The quantitative estimate of drug-likeness (QED) is 0.423. The van der Waals surface area contributed by atoms with Gasteiger partial charge in [0.25, 0.3) is 0 Å². The molecule has 2 unspecified atom stereocenters. The molecule has 1 amide bonds. The van der Waals surface area contributed by atoms with Crippen LogP contribution < -0.4 is 0 Å². The van der Waals surface area contributed by atoms with E-state index in [9.17, 15) is 9.90 Å². The number of hydrogen-bond donors (Lipinski definition) is 1. The molecular weight excluding hydrogens is 426 g/mol. The number of aliphatic hydroxyl groups is 1. The number of ether oxygens (including phenoxy) is 2. The topological polar surface area (TPSA) is 59.0 Å². The van der Waals surface area contributed by atoms with Crippen molar-refractivity contribution in [1.29, 1.82) is 0 Å². The minimum Gasteiger partial charge on any atom is -0.445 e. The van der Waals surface area contributed by atoms with Crippen LogP contribution in [0, 0.1) is 0 Å². The Morgan fingerprint density at radius 1 is 0.882 bits per heavy atom. The zero-order chi connectivity index (χ0) is 23.1. The van der Waals surface area contributed by atoms with E-state index in [1.165, 1.54) is 0 Å². The van der Waals surface area contributed by atoms with Crippen molar-refractivity contribution in [3.05, 3.63) is 96.1 Å². The number of morpholine rings is 1. The van der Waals surface area contributed by atoms with Crippen LogP contribution in [0.3, 0.4) is 0 Å². The van der Waals surface area contributed by atoms with Gasteiger partial charge in [0.15, 0.2) is 0 Å². The lowest BCUT2D eigenvalue weighted by Gasteiger charge is -2.51. The molecule has 0 radical (unpaired) electrons. The largest absolute Gasteiger partial charge is 0.445 e. The fourth-order valence-corrected chi connectivity index (χ4v) is 5.79. The summed E-state index contributed by atoms with van der Waals surface area (Å²) in [6.07, 6.45) is 0.469. The summed E-state index contributed by atoms with van der Waals surface area (Å²) in [7, 11) is 0. The molecule has 2 bridgehead atoms. The number of piperidine rings is 1. The zero-order valence-electron chi connectivity index (χ0n) is 18.9. The molecular formula is C29H27NO4. The van der Waals surface area contributed by atoms with Crippen molar-refractivity contribution in [2.45, 2.75) is 37.1 Å². The van der Waals surface area contributed by atoms with Gasteiger partial charge in [0.2, 0.25) is 0 Å². The van der Waals surface area contributed by atoms with Crippen molar-refractivity contribution in [2.75, 3.05) is 13.2 Å². The molecule has 0 saturated carbocycles. The molecule has 2 fully saturated rings. The molecule has 0 spiro atoms. The molecule has 4 aromatic rings. The van der Waals surface area contributed by atoms with Gasteiger partial charge in [0.05, 0.1) is 30.9 Å². The third kappa shape index (κ3) is 3.61. The van der Waals surface area contributed by atoms with Gasteiger partial charge in [-0.2, -0.15) is 0 Å². The van der Waals surface area contributed by atoms with E-state index in [1.807, 2.05) is 54.6 Å². The number of carbonyl (C=O) groups is 1. The van der Waals surface area contributed by atoms with E-state index in [1.54, 1.807) is 4.90 Å². The third-order valence-electron chi connectivity index (χ3n) is 7.21. The maximum atomic E-state index is 13.1. The van der Waals surface area contributed by atoms with Gasteiger partial charge in [0, 0.05) is 12.8 Å². The highest BCUT2D eigenvalue weighted by atomic mass is 16.6. The summed E-state index contributed by atoms with van der Waals surface area (Å²) in [4.78, 5) is 14.9. The van der Waals surface area contributed by atoms with Crippen molar-refractivity contribution in [2.24, 2.45) is 0 Å². The molecule has 172 valence electrons. The lowest BCUT2D eigenvalue weighted by atomic mass is 9.74. The molecule has 1 N–H and O–H groups in total. The minimum atomic E-state index is -1.07. The average molecular weight is 454 g/mol. The summed E-state index contributed by atoms with van der Waals surface area (Å²) in [5, 5.41) is 16.5. The van der Waals surface area contributed by atoms with Crippen molar-refractivity contribution in [3.8, 4) is 0 Å². The molecule has 4 aromatic carbocycles. The molecule has 2 aliphatic rings. The first kappa shape index (κ1) is 21.1. The van der Waals surface area contributed by atoms with E-state index < -0.39 is 5.60 Å². The lowest BCUT2D eigenvalue weighted by molar-refractivity contribution is -0.135. The van der Waals surface area contributed by atoms with Crippen LogP contribution in [0.25, 0.3) is 21.5 Å². The first-order valence-corrected chi connectivity index (χ1v) is 11.8. The maximum absolute atomic E-state index is 13.1. The van der Waals surface area contributed by atoms with Crippen molar-refractivity contribution in [3.63, 3.8) is 0 Å². The Morgan fingerprint density at radius 3 is 2.06 bits per heavy atom. The number of hydrogen-bond acceptors (Lipinski definition) is 4. The maximum Gasteiger partial charge on any atom is 0.410 e. The van der Waals surface area contributed by atoms with E-state index in [4.69, 9.17) is 9.47 Å². The Labute approximate surface area is 198 Å². The van der Waals surface area contributed by atoms with Gasteiger partial charge in [0.1, 0.15) is 6.61 Å². The summed E-state index contributed by atoms with van der Waals surface area (Å²) in [5.41, 5.74) is 0.832. The van der Waals surface area contributed by atoms with Crippen LogP contribution in [0.5, 0.6) is 0 Å². The number of amides is 1. The normalized spacial score (nSPS) is 24.3. The molecule has 2 aliphatic heterocycles.